The van der Waals surface area contributed by atoms with Crippen molar-refractivity contribution >= 4 is 12.0 Å². The average Bonchev–Trinajstić information content (AvgIpc) is 3.21. The molecule has 4 aliphatic rings. The van der Waals surface area contributed by atoms with E-state index < -0.39 is 0 Å². The maximum absolute atomic E-state index is 12.9. The molecule has 2 fully saturated rings. The molecule has 224 valence electrons. The monoisotopic (exact) mass is 556 g/mol. The van der Waals surface area contributed by atoms with Gasteiger partial charge in [-0.05, 0) is 124 Å². The van der Waals surface area contributed by atoms with Gasteiger partial charge in [-0.25, -0.2) is 4.79 Å². The SMILES string of the molecule is CC(C)=CCC[C@@H](C)[C@@H]1CC[C@]2(C)C3=C(CC[C@@]12C)[C@@]1(C)CC[C@H](OC(=O)/C=C/c2ccccc2)C(C)(C)[C@@H]1CC3. The standard InChI is InChI=1S/C39H56O2/c1-27(2)13-12-14-28(3)30-21-25-39(8)32-18-19-33-36(4,5)34(41-35(40)20-17-29-15-10-9-11-16-29)23-24-37(33,6)31(32)22-26-38(30,39)7/h9-11,13,15-17,20,28,30,33-34H,12,14,18-19,21-26H2,1-8H3/b20-17+/t28-,30+,33+,34+,37-,38+,39-/m1/s1. The van der Waals surface area contributed by atoms with Crippen molar-refractivity contribution in [2.45, 2.75) is 126 Å². The van der Waals surface area contributed by atoms with Crippen LogP contribution >= 0.6 is 0 Å². The van der Waals surface area contributed by atoms with E-state index in [0.717, 1.165) is 30.2 Å². The molecule has 7 atom stereocenters. The second-order valence-electron chi connectivity index (χ2n) is 15.7. The molecule has 0 heterocycles. The van der Waals surface area contributed by atoms with Gasteiger partial charge < -0.3 is 4.74 Å². The predicted molar refractivity (Wildman–Crippen MR) is 172 cm³/mol. The number of carbonyl (C=O) groups excluding carboxylic acids is 1. The fraction of sp³-hybridized carbons (Fsp3) is 0.667. The largest absolute Gasteiger partial charge is 0.459 e. The Labute approximate surface area is 251 Å². The second-order valence-corrected chi connectivity index (χ2v) is 15.7. The number of allylic oxidation sites excluding steroid dienone is 4. The minimum Gasteiger partial charge on any atom is -0.459 e. The van der Waals surface area contributed by atoms with Crippen molar-refractivity contribution in [1.29, 1.82) is 0 Å². The van der Waals surface area contributed by atoms with Crippen molar-refractivity contribution in [2.75, 3.05) is 0 Å². The average molecular weight is 557 g/mol. The number of fused-ring (bicyclic) bond motifs is 4. The first-order valence-electron chi connectivity index (χ1n) is 16.6. The van der Waals surface area contributed by atoms with Crippen molar-refractivity contribution in [3.8, 4) is 0 Å². The van der Waals surface area contributed by atoms with Crippen LogP contribution in [0.4, 0.5) is 0 Å². The van der Waals surface area contributed by atoms with Crippen LogP contribution in [0.15, 0.2) is 59.2 Å². The van der Waals surface area contributed by atoms with Crippen LogP contribution in [0.5, 0.6) is 0 Å². The lowest BCUT2D eigenvalue weighted by Crippen LogP contribution is -2.55. The normalized spacial score (nSPS) is 36.7. The van der Waals surface area contributed by atoms with Crippen LogP contribution in [-0.2, 0) is 9.53 Å². The summed E-state index contributed by atoms with van der Waals surface area (Å²) in [6, 6.07) is 10.0. The molecule has 0 radical (unpaired) electrons. The summed E-state index contributed by atoms with van der Waals surface area (Å²) in [4.78, 5) is 12.9. The van der Waals surface area contributed by atoms with Crippen molar-refractivity contribution in [2.24, 2.45) is 39.4 Å². The van der Waals surface area contributed by atoms with E-state index in [1.165, 1.54) is 56.9 Å². The van der Waals surface area contributed by atoms with Crippen LogP contribution < -0.4 is 0 Å². The van der Waals surface area contributed by atoms with Crippen LogP contribution in [0.1, 0.15) is 125 Å². The maximum Gasteiger partial charge on any atom is 0.331 e. The highest BCUT2D eigenvalue weighted by Gasteiger charge is 2.63. The molecule has 0 aliphatic heterocycles. The molecular formula is C39H56O2. The van der Waals surface area contributed by atoms with E-state index in [-0.39, 0.29) is 22.9 Å². The fourth-order valence-electron chi connectivity index (χ4n) is 10.6. The van der Waals surface area contributed by atoms with Crippen molar-refractivity contribution < 1.29 is 9.53 Å². The lowest BCUT2D eigenvalue weighted by atomic mass is 9.43. The van der Waals surface area contributed by atoms with Gasteiger partial charge >= 0.3 is 5.97 Å². The van der Waals surface area contributed by atoms with Gasteiger partial charge in [-0.1, -0.05) is 94.7 Å². The Balaban J connectivity index is 1.34. The van der Waals surface area contributed by atoms with Gasteiger partial charge in [0.1, 0.15) is 6.10 Å². The molecule has 0 spiro atoms. The molecule has 2 heteroatoms. The predicted octanol–water partition coefficient (Wildman–Crippen LogP) is 10.7. The molecule has 0 saturated heterocycles. The molecule has 0 unspecified atom stereocenters. The van der Waals surface area contributed by atoms with Gasteiger partial charge in [-0.3, -0.25) is 0 Å². The summed E-state index contributed by atoms with van der Waals surface area (Å²) < 4.78 is 6.21. The number of hydrogen-bond acceptors (Lipinski definition) is 2. The Hall–Kier alpha value is -2.09. The van der Waals surface area contributed by atoms with Gasteiger partial charge in [0.05, 0.1) is 0 Å². The first-order chi connectivity index (χ1) is 19.3. The summed E-state index contributed by atoms with van der Waals surface area (Å²) in [6.45, 7) is 19.7. The number of hydrogen-bond donors (Lipinski definition) is 0. The summed E-state index contributed by atoms with van der Waals surface area (Å²) in [5.74, 6) is 1.95. The lowest BCUT2D eigenvalue weighted by Gasteiger charge is -2.62. The summed E-state index contributed by atoms with van der Waals surface area (Å²) in [7, 11) is 0. The Morgan fingerprint density at radius 1 is 0.951 bits per heavy atom. The summed E-state index contributed by atoms with van der Waals surface area (Å²) in [6.07, 6.45) is 18.3. The van der Waals surface area contributed by atoms with E-state index in [1.54, 1.807) is 6.08 Å². The van der Waals surface area contributed by atoms with Crippen molar-refractivity contribution in [3.63, 3.8) is 0 Å². The van der Waals surface area contributed by atoms with Gasteiger partial charge in [0.25, 0.3) is 0 Å². The number of rotatable bonds is 7. The molecule has 2 saturated carbocycles. The molecule has 0 N–H and O–H groups in total. The zero-order chi connectivity index (χ0) is 29.6. The van der Waals surface area contributed by atoms with Crippen LogP contribution in [0, 0.1) is 39.4 Å². The number of ether oxygens (including phenoxy) is 1. The van der Waals surface area contributed by atoms with Crippen LogP contribution in [0.3, 0.4) is 0 Å². The third-order valence-corrected chi connectivity index (χ3v) is 13.1. The molecule has 41 heavy (non-hydrogen) atoms. The number of carbonyl (C=O) groups is 1. The zero-order valence-electron chi connectivity index (χ0n) is 27.3. The Bertz CT molecular complexity index is 1210. The van der Waals surface area contributed by atoms with Gasteiger partial charge in [0.15, 0.2) is 0 Å². The minimum absolute atomic E-state index is 0.0300. The third-order valence-electron chi connectivity index (χ3n) is 13.1. The molecule has 0 amide bonds. The topological polar surface area (TPSA) is 26.3 Å². The Morgan fingerprint density at radius 3 is 2.39 bits per heavy atom. The molecule has 2 nitrogen and oxygen atoms in total. The third kappa shape index (κ3) is 5.21. The lowest BCUT2D eigenvalue weighted by molar-refractivity contribution is -0.164. The summed E-state index contributed by atoms with van der Waals surface area (Å²) >= 11 is 0. The van der Waals surface area contributed by atoms with Gasteiger partial charge in [-0.2, -0.15) is 0 Å². The summed E-state index contributed by atoms with van der Waals surface area (Å²) in [5, 5.41) is 0. The van der Waals surface area contributed by atoms with E-state index >= 15 is 0 Å². The number of benzene rings is 1. The first kappa shape index (κ1) is 30.4. The second kappa shape index (κ2) is 11.2. The highest BCUT2D eigenvalue weighted by atomic mass is 16.5. The highest BCUT2D eigenvalue weighted by molar-refractivity contribution is 5.87. The van der Waals surface area contributed by atoms with Crippen molar-refractivity contribution in [1.82, 2.24) is 0 Å². The quantitative estimate of drug-likeness (QED) is 0.190. The molecule has 5 rings (SSSR count). The Kier molecular flexibility index (Phi) is 8.30. The zero-order valence-corrected chi connectivity index (χ0v) is 27.3. The smallest absolute Gasteiger partial charge is 0.331 e. The van der Waals surface area contributed by atoms with Gasteiger partial charge in [-0.15, -0.1) is 0 Å². The fourth-order valence-corrected chi connectivity index (χ4v) is 10.6. The maximum atomic E-state index is 12.9. The summed E-state index contributed by atoms with van der Waals surface area (Å²) in [5.41, 5.74) is 7.06. The van der Waals surface area contributed by atoms with E-state index in [2.05, 4.69) is 61.5 Å². The van der Waals surface area contributed by atoms with Gasteiger partial charge in [0, 0.05) is 11.5 Å². The van der Waals surface area contributed by atoms with Crippen LogP contribution in [0.25, 0.3) is 6.08 Å². The minimum atomic E-state index is -0.206. The van der Waals surface area contributed by atoms with E-state index in [4.69, 9.17) is 4.74 Å². The van der Waals surface area contributed by atoms with Crippen molar-refractivity contribution in [3.05, 3.63) is 64.8 Å². The number of esters is 1. The molecule has 4 aliphatic carbocycles. The molecule has 0 aromatic heterocycles. The Morgan fingerprint density at radius 2 is 1.68 bits per heavy atom. The molecule has 0 bridgehead atoms. The van der Waals surface area contributed by atoms with E-state index in [1.807, 2.05) is 47.6 Å². The molecular weight excluding hydrogens is 500 g/mol. The van der Waals surface area contributed by atoms with E-state index in [0.29, 0.717) is 16.7 Å². The van der Waals surface area contributed by atoms with Crippen LogP contribution in [0.2, 0.25) is 0 Å². The molecule has 1 aromatic rings. The molecule has 1 aromatic carbocycles. The van der Waals surface area contributed by atoms with Crippen LogP contribution in [-0.4, -0.2) is 12.1 Å². The van der Waals surface area contributed by atoms with Gasteiger partial charge in [0.2, 0.25) is 0 Å². The van der Waals surface area contributed by atoms with E-state index in [9.17, 15) is 4.79 Å². The first-order valence-corrected chi connectivity index (χ1v) is 16.6. The highest BCUT2D eigenvalue weighted by Crippen LogP contribution is 2.72.